The Balaban J connectivity index is 3.37. The van der Waals surface area contributed by atoms with Gasteiger partial charge < -0.3 is 8.68 Å². The highest BCUT2D eigenvalue weighted by Crippen LogP contribution is 2.35. The molecule has 8 heteroatoms. The van der Waals surface area contributed by atoms with E-state index in [0.29, 0.717) is 0 Å². The molecule has 0 amide bonds. The van der Waals surface area contributed by atoms with Crippen LogP contribution in [0.25, 0.3) is 0 Å². The molecule has 1 saturated carbocycles. The third-order valence-electron chi connectivity index (χ3n) is 4.80. The van der Waals surface area contributed by atoms with E-state index in [1.54, 1.807) is 0 Å². The number of hydrogen-bond donors (Lipinski definition) is 0. The first-order valence-electron chi connectivity index (χ1n) is 10.9. The predicted octanol–water partition coefficient (Wildman–Crippen LogP) is 6.85. The summed E-state index contributed by atoms with van der Waals surface area (Å²) in [5.74, 6) is 0. The van der Waals surface area contributed by atoms with Gasteiger partial charge in [0.15, 0.2) is 32.9 Å². The fraction of sp³-hybridized carbons (Fsp3) is 0.900. The summed E-state index contributed by atoms with van der Waals surface area (Å²) in [5, 5.41) is 10.7. The van der Waals surface area contributed by atoms with Crippen LogP contribution in [0.2, 0.25) is 78.6 Å². The molecule has 0 saturated heterocycles. The maximum absolute atomic E-state index is 5.35. The van der Waals surface area contributed by atoms with Crippen molar-refractivity contribution in [3.8, 4) is 0 Å². The van der Waals surface area contributed by atoms with E-state index in [1.165, 1.54) is 11.4 Å². The zero-order chi connectivity index (χ0) is 22.3. The summed E-state index contributed by atoms with van der Waals surface area (Å²) >= 11 is 0. The van der Waals surface area contributed by atoms with Gasteiger partial charge in [-0.3, -0.25) is 0 Å². The zero-order valence-electron chi connectivity index (χ0n) is 21.4. The van der Waals surface area contributed by atoms with E-state index in [0.717, 1.165) is 19.3 Å². The lowest BCUT2D eigenvalue weighted by Gasteiger charge is -2.44. The Morgan fingerprint density at radius 2 is 0.821 bits per heavy atom. The van der Waals surface area contributed by atoms with E-state index in [4.69, 9.17) is 10.2 Å². The van der Waals surface area contributed by atoms with Crippen molar-refractivity contribution in [2.45, 2.75) is 112 Å². The first-order chi connectivity index (χ1) is 12.1. The fourth-order valence-corrected chi connectivity index (χ4v) is 22.4. The van der Waals surface area contributed by atoms with Crippen LogP contribution in [0.4, 0.5) is 0 Å². The van der Waals surface area contributed by atoms with Gasteiger partial charge in [-0.15, -0.1) is 0 Å². The third-order valence-corrected chi connectivity index (χ3v) is 18.3. The third kappa shape index (κ3) is 7.57. The van der Waals surface area contributed by atoms with Crippen LogP contribution in [0.1, 0.15) is 33.1 Å². The molecule has 0 radical (unpaired) electrons. The second-order valence-electron chi connectivity index (χ2n) is 13.3. The molecule has 1 fully saturated rings. The summed E-state index contributed by atoms with van der Waals surface area (Å²) in [6.45, 7) is 33.9. The molecule has 0 aromatic carbocycles. The van der Waals surface area contributed by atoms with E-state index in [1.807, 2.05) is 0 Å². The Hall–Kier alpha value is -0.192. The molecule has 0 atom stereocenters. The zero-order valence-corrected chi connectivity index (χ0v) is 25.4. The summed E-state index contributed by atoms with van der Waals surface area (Å²) in [6.07, 6.45) is 3.15. The van der Waals surface area contributed by atoms with Crippen molar-refractivity contribution in [2.24, 2.45) is 15.6 Å². The minimum Gasteiger partial charge on any atom is -0.350 e. The van der Waals surface area contributed by atoms with Gasteiger partial charge >= 0.3 is 0 Å². The Kier molecular flexibility index (Phi) is 7.52. The molecule has 28 heavy (non-hydrogen) atoms. The van der Waals surface area contributed by atoms with Crippen LogP contribution in [0.3, 0.4) is 0 Å². The van der Waals surface area contributed by atoms with Crippen LogP contribution in [0.15, 0.2) is 10.2 Å². The van der Waals surface area contributed by atoms with Crippen molar-refractivity contribution in [1.29, 1.82) is 0 Å². The predicted molar refractivity (Wildman–Crippen MR) is 140 cm³/mol. The van der Waals surface area contributed by atoms with Crippen LogP contribution in [-0.2, 0) is 0 Å². The lowest BCUT2D eigenvalue weighted by Crippen LogP contribution is -2.57. The molecule has 164 valence electrons. The molecule has 0 aromatic heterocycles. The van der Waals surface area contributed by atoms with Gasteiger partial charge in [0.05, 0.1) is 0 Å². The van der Waals surface area contributed by atoms with E-state index >= 15 is 0 Å². The molecular formula is C20H48N4Si4. The molecule has 0 bridgehead atoms. The van der Waals surface area contributed by atoms with E-state index in [9.17, 15) is 0 Å². The molecule has 4 nitrogen and oxygen atoms in total. The SMILES string of the molecule is CC1(C)C/C(=N/N([Si](C)(C)C)[Si](C)(C)C)C/C(=N/N([Si](C)(C)C)[Si](C)(C)C)C1. The number of hydrogen-bond acceptors (Lipinski definition) is 4. The van der Waals surface area contributed by atoms with Crippen molar-refractivity contribution < 1.29 is 0 Å². The van der Waals surface area contributed by atoms with Gasteiger partial charge in [0.25, 0.3) is 0 Å². The van der Waals surface area contributed by atoms with Crippen molar-refractivity contribution >= 4 is 44.4 Å². The lowest BCUT2D eigenvalue weighted by molar-refractivity contribution is 0.384. The monoisotopic (exact) mass is 456 g/mol. The molecule has 1 aliphatic carbocycles. The maximum Gasteiger partial charge on any atom is 0.158 e. The van der Waals surface area contributed by atoms with E-state index in [-0.39, 0.29) is 5.41 Å². The Morgan fingerprint density at radius 1 is 0.571 bits per heavy atom. The quantitative estimate of drug-likeness (QED) is 0.323. The van der Waals surface area contributed by atoms with Gasteiger partial charge in [-0.05, 0) is 18.3 Å². The molecule has 1 aliphatic rings. The number of nitrogens with zero attached hydrogens (tertiary/aromatic N) is 4. The molecule has 0 aromatic rings. The summed E-state index contributed by atoms with van der Waals surface area (Å²) in [6, 6.07) is 0. The van der Waals surface area contributed by atoms with Gasteiger partial charge in [-0.2, -0.15) is 0 Å². The van der Waals surface area contributed by atoms with Crippen LogP contribution in [0, 0.1) is 5.41 Å². The summed E-state index contributed by atoms with van der Waals surface area (Å²) in [7, 11) is -5.98. The largest absolute Gasteiger partial charge is 0.350 e. The van der Waals surface area contributed by atoms with Crippen LogP contribution in [-0.4, -0.2) is 53.0 Å². The Morgan fingerprint density at radius 3 is 1.04 bits per heavy atom. The topological polar surface area (TPSA) is 31.2 Å². The molecule has 0 aliphatic heterocycles. The molecule has 0 unspecified atom stereocenters. The summed E-state index contributed by atoms with van der Waals surface area (Å²) in [4.78, 5) is 0. The first kappa shape index (κ1) is 25.8. The van der Waals surface area contributed by atoms with Gasteiger partial charge in [0.2, 0.25) is 0 Å². The molecule has 1 rings (SSSR count). The highest BCUT2D eigenvalue weighted by atomic mass is 28.4. The molecule has 0 heterocycles. The smallest absolute Gasteiger partial charge is 0.158 e. The Labute approximate surface area is 180 Å². The van der Waals surface area contributed by atoms with Gasteiger partial charge in [-0.25, -0.2) is 10.2 Å². The highest BCUT2D eigenvalue weighted by molar-refractivity contribution is 6.90. The molecular weight excluding hydrogens is 409 g/mol. The van der Waals surface area contributed by atoms with Crippen molar-refractivity contribution in [3.63, 3.8) is 0 Å². The van der Waals surface area contributed by atoms with Crippen molar-refractivity contribution in [3.05, 3.63) is 0 Å². The number of hydrazone groups is 2. The van der Waals surface area contributed by atoms with Crippen molar-refractivity contribution in [1.82, 2.24) is 8.68 Å². The van der Waals surface area contributed by atoms with Crippen LogP contribution in [0.5, 0.6) is 0 Å². The van der Waals surface area contributed by atoms with Crippen LogP contribution >= 0.6 is 0 Å². The van der Waals surface area contributed by atoms with Gasteiger partial charge in [-0.1, -0.05) is 92.4 Å². The van der Waals surface area contributed by atoms with E-state index in [2.05, 4.69) is 101 Å². The second-order valence-corrected chi connectivity index (χ2v) is 33.3. The average Bonchev–Trinajstić information content (AvgIpc) is 2.35. The average molecular weight is 457 g/mol. The highest BCUT2D eigenvalue weighted by Gasteiger charge is 2.38. The molecule has 0 N–H and O–H groups in total. The summed E-state index contributed by atoms with van der Waals surface area (Å²) < 4.78 is 5.15. The number of rotatable bonds is 6. The Bertz CT molecular complexity index is 534. The van der Waals surface area contributed by atoms with Gasteiger partial charge in [0, 0.05) is 17.8 Å². The molecule has 0 spiro atoms. The summed E-state index contributed by atoms with van der Waals surface area (Å²) in [5.41, 5.74) is 2.95. The van der Waals surface area contributed by atoms with Crippen LogP contribution < -0.4 is 0 Å². The second kappa shape index (κ2) is 8.15. The minimum absolute atomic E-state index is 0.241. The van der Waals surface area contributed by atoms with Gasteiger partial charge in [0.1, 0.15) is 0 Å². The normalized spacial score (nSPS) is 21.9. The van der Waals surface area contributed by atoms with E-state index < -0.39 is 32.9 Å². The standard InChI is InChI=1S/C20H48N4Si4/c1-20(2)16-18(21-23(25(3,4)5)26(6,7)8)15-19(17-20)22-24(27(9,10)11)28(12,13)14/h15-17H2,1-14H3/b21-18-,22-19+. The fourth-order valence-electron chi connectivity index (χ4n) is 4.56. The minimum atomic E-state index is -1.50. The van der Waals surface area contributed by atoms with Crippen molar-refractivity contribution in [2.75, 3.05) is 0 Å². The lowest BCUT2D eigenvalue weighted by atomic mass is 9.75. The first-order valence-corrected chi connectivity index (χ1v) is 24.7. The maximum atomic E-state index is 5.35.